The molecule has 9 nitrogen and oxygen atoms in total. The van der Waals surface area contributed by atoms with Gasteiger partial charge < -0.3 is 29.9 Å². The van der Waals surface area contributed by atoms with E-state index in [1.165, 1.54) is 0 Å². The van der Waals surface area contributed by atoms with Gasteiger partial charge in [0.2, 0.25) is 11.8 Å². The van der Waals surface area contributed by atoms with Crippen molar-refractivity contribution < 1.29 is 23.9 Å². The molecular weight excluding hydrogens is 448 g/mol. The average Bonchev–Trinajstić information content (AvgIpc) is 3.34. The fraction of sp³-hybridized carbons (Fsp3) is 0.654. The van der Waals surface area contributed by atoms with Gasteiger partial charge in [-0.25, -0.2) is 4.79 Å². The lowest BCUT2D eigenvalue weighted by Gasteiger charge is -2.46. The molecule has 1 aromatic rings. The second-order valence-electron chi connectivity index (χ2n) is 9.95. The van der Waals surface area contributed by atoms with E-state index >= 15 is 0 Å². The predicted octanol–water partition coefficient (Wildman–Crippen LogP) is 2.92. The Morgan fingerprint density at radius 3 is 2.26 bits per heavy atom. The molecule has 1 aliphatic heterocycles. The number of urea groups is 1. The van der Waals surface area contributed by atoms with E-state index in [-0.39, 0.29) is 42.8 Å². The molecule has 1 aromatic carbocycles. The number of piperazine rings is 1. The van der Waals surface area contributed by atoms with Crippen LogP contribution in [-0.2, 0) is 16.1 Å². The first-order valence-electron chi connectivity index (χ1n) is 12.6. The van der Waals surface area contributed by atoms with Crippen molar-refractivity contribution in [2.24, 2.45) is 5.92 Å². The third kappa shape index (κ3) is 6.80. The second-order valence-corrected chi connectivity index (χ2v) is 9.95. The summed E-state index contributed by atoms with van der Waals surface area (Å²) in [6.45, 7) is 4.70. The molecule has 1 heterocycles. The number of methoxy groups -OCH3 is 2. The Bertz CT molecular complexity index is 877. The van der Waals surface area contributed by atoms with Crippen LogP contribution in [-0.4, -0.2) is 73.6 Å². The van der Waals surface area contributed by atoms with Crippen molar-refractivity contribution in [2.75, 3.05) is 27.8 Å². The molecule has 4 amide bonds. The van der Waals surface area contributed by atoms with Crippen LogP contribution in [0.3, 0.4) is 0 Å². The van der Waals surface area contributed by atoms with Gasteiger partial charge in [-0.1, -0.05) is 26.7 Å². The molecule has 2 atom stereocenters. The Kier molecular flexibility index (Phi) is 9.23. The summed E-state index contributed by atoms with van der Waals surface area (Å²) in [5, 5.41) is 5.81. The highest BCUT2D eigenvalue weighted by molar-refractivity contribution is 5.89. The molecule has 0 spiro atoms. The normalized spacial score (nSPS) is 20.8. The molecular formula is C26H40N4O5. The minimum absolute atomic E-state index is 0.102. The van der Waals surface area contributed by atoms with E-state index in [9.17, 15) is 14.4 Å². The molecule has 2 aliphatic rings. The third-order valence-electron chi connectivity index (χ3n) is 6.85. The molecule has 2 N–H and O–H groups in total. The molecule has 0 aromatic heterocycles. The van der Waals surface area contributed by atoms with Crippen LogP contribution < -0.4 is 20.1 Å². The van der Waals surface area contributed by atoms with Crippen LogP contribution >= 0.6 is 0 Å². The smallest absolute Gasteiger partial charge is 0.318 e. The zero-order valence-electron chi connectivity index (χ0n) is 21.6. The Morgan fingerprint density at radius 2 is 1.71 bits per heavy atom. The van der Waals surface area contributed by atoms with E-state index in [4.69, 9.17) is 9.47 Å². The van der Waals surface area contributed by atoms with Crippen LogP contribution in [0.25, 0.3) is 0 Å². The monoisotopic (exact) mass is 488 g/mol. The summed E-state index contributed by atoms with van der Waals surface area (Å²) in [5.41, 5.74) is 0.861. The number of benzene rings is 1. The van der Waals surface area contributed by atoms with Gasteiger partial charge in [-0.15, -0.1) is 0 Å². The Labute approximate surface area is 208 Å². The summed E-state index contributed by atoms with van der Waals surface area (Å²) in [6, 6.07) is 4.36. The van der Waals surface area contributed by atoms with Crippen molar-refractivity contribution in [3.63, 3.8) is 0 Å². The van der Waals surface area contributed by atoms with Crippen LogP contribution in [0.15, 0.2) is 18.2 Å². The first kappa shape index (κ1) is 26.6. The molecule has 0 unspecified atom stereocenters. The number of rotatable bonds is 9. The van der Waals surface area contributed by atoms with Crippen LogP contribution in [0.1, 0.15) is 57.9 Å². The summed E-state index contributed by atoms with van der Waals surface area (Å²) in [4.78, 5) is 43.1. The van der Waals surface area contributed by atoms with Gasteiger partial charge in [0, 0.05) is 38.7 Å². The van der Waals surface area contributed by atoms with Gasteiger partial charge in [-0.2, -0.15) is 0 Å². The standard InChI is InChI=1S/C26H40N4O5/c1-17(2)10-23-25(32)29(15-18-11-21(34-4)14-22(12-18)35-5)16-20(13-24(31)27-3)30(23)26(33)28-19-8-6-7-9-19/h11-12,14,17,19-20,23H,6-10,13,15-16H2,1-5H3,(H,27,31)(H,28,33)/t20-,23+/m1/s1. The first-order chi connectivity index (χ1) is 16.7. The van der Waals surface area contributed by atoms with E-state index in [1.54, 1.807) is 37.1 Å². The molecule has 35 heavy (non-hydrogen) atoms. The Hall–Kier alpha value is -2.97. The summed E-state index contributed by atoms with van der Waals surface area (Å²) >= 11 is 0. The van der Waals surface area contributed by atoms with Gasteiger partial charge in [-0.05, 0) is 42.9 Å². The Morgan fingerprint density at radius 1 is 1.09 bits per heavy atom. The maximum absolute atomic E-state index is 13.8. The number of hydrogen-bond donors (Lipinski definition) is 2. The van der Waals surface area contributed by atoms with Crippen molar-refractivity contribution in [3.05, 3.63) is 23.8 Å². The van der Waals surface area contributed by atoms with Gasteiger partial charge in [0.25, 0.3) is 0 Å². The summed E-state index contributed by atoms with van der Waals surface area (Å²) in [5.74, 6) is 1.22. The molecule has 0 bridgehead atoms. The largest absolute Gasteiger partial charge is 0.497 e. The minimum Gasteiger partial charge on any atom is -0.497 e. The maximum atomic E-state index is 13.8. The van der Waals surface area contributed by atoms with Crippen LogP contribution in [0, 0.1) is 5.92 Å². The molecule has 1 saturated carbocycles. The van der Waals surface area contributed by atoms with Crippen molar-refractivity contribution in [2.45, 2.75) is 77.0 Å². The van der Waals surface area contributed by atoms with Crippen LogP contribution in [0.2, 0.25) is 0 Å². The highest BCUT2D eigenvalue weighted by atomic mass is 16.5. The SMILES string of the molecule is CNC(=O)C[C@@H]1CN(Cc2cc(OC)cc(OC)c2)C(=O)[C@H](CC(C)C)N1C(=O)NC1CCCC1. The van der Waals surface area contributed by atoms with Crippen molar-refractivity contribution in [1.82, 2.24) is 20.4 Å². The first-order valence-corrected chi connectivity index (χ1v) is 12.6. The van der Waals surface area contributed by atoms with Gasteiger partial charge in [0.1, 0.15) is 17.5 Å². The predicted molar refractivity (Wildman–Crippen MR) is 133 cm³/mol. The lowest BCUT2D eigenvalue weighted by Crippen LogP contribution is -2.66. The number of amides is 4. The molecule has 3 rings (SSSR count). The van der Waals surface area contributed by atoms with Crippen molar-refractivity contribution >= 4 is 17.8 Å². The zero-order chi connectivity index (χ0) is 25.5. The average molecular weight is 489 g/mol. The second kappa shape index (κ2) is 12.1. The number of hydrogen-bond acceptors (Lipinski definition) is 5. The Balaban J connectivity index is 1.91. The summed E-state index contributed by atoms with van der Waals surface area (Å²) < 4.78 is 10.8. The molecule has 9 heteroatoms. The number of carbonyl (C=O) groups excluding carboxylic acids is 3. The molecule has 0 radical (unpaired) electrons. The summed E-state index contributed by atoms with van der Waals surface area (Å²) in [6.07, 6.45) is 4.75. The number of nitrogens with one attached hydrogen (secondary N) is 2. The number of carbonyl (C=O) groups is 3. The fourth-order valence-corrected chi connectivity index (χ4v) is 5.10. The zero-order valence-corrected chi connectivity index (χ0v) is 21.6. The van der Waals surface area contributed by atoms with E-state index in [0.717, 1.165) is 31.2 Å². The highest BCUT2D eigenvalue weighted by Crippen LogP contribution is 2.29. The molecule has 194 valence electrons. The van der Waals surface area contributed by atoms with Crippen molar-refractivity contribution in [1.29, 1.82) is 0 Å². The lowest BCUT2D eigenvalue weighted by atomic mass is 9.94. The van der Waals surface area contributed by atoms with Crippen LogP contribution in [0.4, 0.5) is 4.79 Å². The topological polar surface area (TPSA) is 100 Å². The minimum atomic E-state index is -0.632. The fourth-order valence-electron chi connectivity index (χ4n) is 5.10. The van der Waals surface area contributed by atoms with E-state index in [2.05, 4.69) is 10.6 Å². The van der Waals surface area contributed by atoms with E-state index in [0.29, 0.717) is 24.5 Å². The number of nitrogens with zero attached hydrogens (tertiary/aromatic N) is 2. The molecule has 2 fully saturated rings. The van der Waals surface area contributed by atoms with Gasteiger partial charge >= 0.3 is 6.03 Å². The van der Waals surface area contributed by atoms with Gasteiger partial charge in [-0.3, -0.25) is 9.59 Å². The van der Waals surface area contributed by atoms with Crippen LogP contribution in [0.5, 0.6) is 11.5 Å². The third-order valence-corrected chi connectivity index (χ3v) is 6.85. The quantitative estimate of drug-likeness (QED) is 0.557. The number of ether oxygens (including phenoxy) is 2. The van der Waals surface area contributed by atoms with Gasteiger partial charge in [0.05, 0.1) is 20.3 Å². The van der Waals surface area contributed by atoms with E-state index < -0.39 is 12.1 Å². The van der Waals surface area contributed by atoms with Crippen molar-refractivity contribution in [3.8, 4) is 11.5 Å². The molecule has 1 saturated heterocycles. The molecule has 1 aliphatic carbocycles. The lowest BCUT2D eigenvalue weighted by molar-refractivity contribution is -0.145. The highest BCUT2D eigenvalue weighted by Gasteiger charge is 2.44. The maximum Gasteiger partial charge on any atom is 0.318 e. The van der Waals surface area contributed by atoms with Gasteiger partial charge in [0.15, 0.2) is 0 Å². The summed E-state index contributed by atoms with van der Waals surface area (Å²) in [7, 11) is 4.76. The van der Waals surface area contributed by atoms with E-state index in [1.807, 2.05) is 26.0 Å².